The molecule has 0 bridgehead atoms. The number of amides is 2. The standard InChI is InChI=1S/C11H21N3O5/c1-3-14(2)7-6-12-11(19)13-8(10(17)18)4-5-9(15)16/h8H,3-7H2,1-2H3,(H,15,16)(H,17,18)(H2,12,13,19)/t8-/m0/s1. The number of likely N-dealkylation sites (N-methyl/N-ethyl adjacent to an activating group) is 1. The number of rotatable bonds is 9. The van der Waals surface area contributed by atoms with Crippen molar-refractivity contribution in [2.75, 3.05) is 26.7 Å². The SMILES string of the molecule is CCN(C)CCNC(=O)N[C@@H](CCC(=O)O)C(=O)O. The minimum atomic E-state index is -1.25. The quantitative estimate of drug-likeness (QED) is 0.453. The van der Waals surface area contributed by atoms with Crippen molar-refractivity contribution >= 4 is 18.0 Å². The predicted octanol–water partition coefficient (Wildman–Crippen LogP) is -0.445. The van der Waals surface area contributed by atoms with Crippen LogP contribution in [0.3, 0.4) is 0 Å². The largest absolute Gasteiger partial charge is 0.481 e. The minimum absolute atomic E-state index is 0.146. The van der Waals surface area contributed by atoms with Gasteiger partial charge in [-0.1, -0.05) is 6.92 Å². The lowest BCUT2D eigenvalue weighted by molar-refractivity contribution is -0.140. The summed E-state index contributed by atoms with van der Waals surface area (Å²) in [5, 5.41) is 22.1. The summed E-state index contributed by atoms with van der Waals surface area (Å²) in [6, 6.07) is -1.80. The molecule has 110 valence electrons. The zero-order valence-electron chi connectivity index (χ0n) is 11.2. The first-order chi connectivity index (χ1) is 8.86. The molecule has 8 heteroatoms. The van der Waals surface area contributed by atoms with Crippen molar-refractivity contribution in [2.24, 2.45) is 0 Å². The molecular weight excluding hydrogens is 254 g/mol. The second-order valence-corrected chi connectivity index (χ2v) is 4.12. The Kier molecular flexibility index (Phi) is 8.27. The molecule has 0 radical (unpaired) electrons. The molecular formula is C11H21N3O5. The third kappa shape index (κ3) is 8.83. The molecule has 0 aliphatic carbocycles. The van der Waals surface area contributed by atoms with E-state index in [1.807, 2.05) is 18.9 Å². The summed E-state index contributed by atoms with van der Waals surface area (Å²) in [7, 11) is 1.90. The van der Waals surface area contributed by atoms with Crippen LogP contribution in [0.25, 0.3) is 0 Å². The molecule has 0 heterocycles. The first-order valence-corrected chi connectivity index (χ1v) is 6.04. The van der Waals surface area contributed by atoms with E-state index in [1.54, 1.807) is 0 Å². The Morgan fingerprint density at radius 2 is 1.89 bits per heavy atom. The maximum atomic E-state index is 11.4. The van der Waals surface area contributed by atoms with Gasteiger partial charge < -0.3 is 25.7 Å². The number of carboxylic acid groups (broad SMARTS) is 2. The first kappa shape index (κ1) is 17.2. The molecule has 1 atom stereocenters. The van der Waals surface area contributed by atoms with Gasteiger partial charge in [-0.25, -0.2) is 9.59 Å². The number of carbonyl (C=O) groups is 3. The molecule has 0 aromatic carbocycles. The highest BCUT2D eigenvalue weighted by Gasteiger charge is 2.20. The van der Waals surface area contributed by atoms with Gasteiger partial charge in [0, 0.05) is 19.5 Å². The van der Waals surface area contributed by atoms with Gasteiger partial charge in [0.15, 0.2) is 0 Å². The highest BCUT2D eigenvalue weighted by molar-refractivity contribution is 5.82. The molecule has 0 rings (SSSR count). The van der Waals surface area contributed by atoms with Crippen molar-refractivity contribution in [2.45, 2.75) is 25.8 Å². The van der Waals surface area contributed by atoms with Crippen LogP contribution in [0.4, 0.5) is 4.79 Å². The molecule has 2 amide bonds. The molecule has 8 nitrogen and oxygen atoms in total. The first-order valence-electron chi connectivity index (χ1n) is 6.04. The number of aliphatic carboxylic acids is 2. The molecule has 4 N–H and O–H groups in total. The predicted molar refractivity (Wildman–Crippen MR) is 68.0 cm³/mol. The number of hydrogen-bond donors (Lipinski definition) is 4. The maximum absolute atomic E-state index is 11.4. The van der Waals surface area contributed by atoms with Crippen LogP contribution in [-0.2, 0) is 9.59 Å². The molecule has 0 aliphatic heterocycles. The van der Waals surface area contributed by atoms with Crippen LogP contribution in [0, 0.1) is 0 Å². The van der Waals surface area contributed by atoms with Gasteiger partial charge in [0.2, 0.25) is 0 Å². The molecule has 0 spiro atoms. The van der Waals surface area contributed by atoms with Crippen molar-refractivity contribution in [1.29, 1.82) is 0 Å². The fraction of sp³-hybridized carbons (Fsp3) is 0.727. The Morgan fingerprint density at radius 3 is 2.37 bits per heavy atom. The molecule has 0 saturated heterocycles. The number of carboxylic acids is 2. The number of urea groups is 1. The average Bonchev–Trinajstić information content (AvgIpc) is 2.33. The van der Waals surface area contributed by atoms with Crippen LogP contribution in [-0.4, -0.2) is 65.8 Å². The van der Waals surface area contributed by atoms with Crippen LogP contribution in [0.2, 0.25) is 0 Å². The fourth-order valence-corrected chi connectivity index (χ4v) is 1.25. The van der Waals surface area contributed by atoms with Crippen LogP contribution in [0.15, 0.2) is 0 Å². The lowest BCUT2D eigenvalue weighted by Crippen LogP contribution is -2.47. The monoisotopic (exact) mass is 275 g/mol. The Morgan fingerprint density at radius 1 is 1.26 bits per heavy atom. The lowest BCUT2D eigenvalue weighted by Gasteiger charge is -2.16. The maximum Gasteiger partial charge on any atom is 0.326 e. The van der Waals surface area contributed by atoms with Gasteiger partial charge in [-0.3, -0.25) is 4.79 Å². The van der Waals surface area contributed by atoms with Crippen LogP contribution >= 0.6 is 0 Å². The summed E-state index contributed by atoms with van der Waals surface area (Å²) < 4.78 is 0. The van der Waals surface area contributed by atoms with E-state index in [0.717, 1.165) is 6.54 Å². The van der Waals surface area contributed by atoms with E-state index in [1.165, 1.54) is 0 Å². The Balaban J connectivity index is 4.03. The summed E-state index contributed by atoms with van der Waals surface area (Å²) in [4.78, 5) is 34.6. The smallest absolute Gasteiger partial charge is 0.326 e. The molecule has 0 aliphatic rings. The average molecular weight is 275 g/mol. The number of nitrogens with zero attached hydrogens (tertiary/aromatic N) is 1. The molecule has 0 fully saturated rings. The van der Waals surface area contributed by atoms with Crippen molar-refractivity contribution in [3.05, 3.63) is 0 Å². The summed E-state index contributed by atoms with van der Waals surface area (Å²) in [5.74, 6) is -2.35. The molecule has 0 unspecified atom stereocenters. The van der Waals surface area contributed by atoms with Crippen LogP contribution in [0.1, 0.15) is 19.8 Å². The van der Waals surface area contributed by atoms with Gasteiger partial charge in [0.05, 0.1) is 0 Å². The second kappa shape index (κ2) is 9.15. The van der Waals surface area contributed by atoms with E-state index in [4.69, 9.17) is 10.2 Å². The minimum Gasteiger partial charge on any atom is -0.481 e. The highest BCUT2D eigenvalue weighted by atomic mass is 16.4. The van der Waals surface area contributed by atoms with Gasteiger partial charge in [-0.2, -0.15) is 0 Å². The molecule has 0 aromatic heterocycles. The number of hydrogen-bond acceptors (Lipinski definition) is 4. The third-order valence-corrected chi connectivity index (χ3v) is 2.57. The fourth-order valence-electron chi connectivity index (χ4n) is 1.25. The number of nitrogens with one attached hydrogen (secondary N) is 2. The summed E-state index contributed by atoms with van der Waals surface area (Å²) in [5.41, 5.74) is 0. The Bertz CT molecular complexity index is 321. The van der Waals surface area contributed by atoms with E-state index >= 15 is 0 Å². The zero-order valence-corrected chi connectivity index (χ0v) is 11.2. The Labute approximate surface area is 111 Å². The topological polar surface area (TPSA) is 119 Å². The van der Waals surface area contributed by atoms with E-state index in [9.17, 15) is 14.4 Å². The molecule has 19 heavy (non-hydrogen) atoms. The van der Waals surface area contributed by atoms with E-state index in [-0.39, 0.29) is 12.8 Å². The van der Waals surface area contributed by atoms with Crippen LogP contribution in [0.5, 0.6) is 0 Å². The highest BCUT2D eigenvalue weighted by Crippen LogP contribution is 1.97. The molecule has 0 aromatic rings. The molecule has 0 saturated carbocycles. The van der Waals surface area contributed by atoms with Gasteiger partial charge >= 0.3 is 18.0 Å². The van der Waals surface area contributed by atoms with Gasteiger partial charge in [-0.15, -0.1) is 0 Å². The summed E-state index contributed by atoms with van der Waals surface area (Å²) in [6.45, 7) is 3.87. The van der Waals surface area contributed by atoms with Gasteiger partial charge in [0.25, 0.3) is 0 Å². The van der Waals surface area contributed by atoms with Crippen molar-refractivity contribution in [3.63, 3.8) is 0 Å². The third-order valence-electron chi connectivity index (χ3n) is 2.57. The van der Waals surface area contributed by atoms with E-state index < -0.39 is 24.0 Å². The zero-order chi connectivity index (χ0) is 14.8. The van der Waals surface area contributed by atoms with Gasteiger partial charge in [0.1, 0.15) is 6.04 Å². The van der Waals surface area contributed by atoms with Crippen LogP contribution < -0.4 is 10.6 Å². The second-order valence-electron chi connectivity index (χ2n) is 4.12. The summed E-state index contributed by atoms with van der Waals surface area (Å²) >= 11 is 0. The van der Waals surface area contributed by atoms with Gasteiger partial charge in [-0.05, 0) is 20.0 Å². The number of carbonyl (C=O) groups excluding carboxylic acids is 1. The van der Waals surface area contributed by atoms with E-state index in [0.29, 0.717) is 13.1 Å². The summed E-state index contributed by atoms with van der Waals surface area (Å²) in [6.07, 6.45) is -0.456. The van der Waals surface area contributed by atoms with E-state index in [2.05, 4.69) is 10.6 Å². The van der Waals surface area contributed by atoms with Crippen molar-refractivity contribution in [3.8, 4) is 0 Å². The lowest BCUT2D eigenvalue weighted by atomic mass is 10.1. The normalized spacial score (nSPS) is 11.9. The Hall–Kier alpha value is -1.83. The van der Waals surface area contributed by atoms with Crippen molar-refractivity contribution < 1.29 is 24.6 Å². The van der Waals surface area contributed by atoms with Crippen molar-refractivity contribution in [1.82, 2.24) is 15.5 Å².